The average Bonchev–Trinajstić information content (AvgIpc) is 1.65. The van der Waals surface area contributed by atoms with E-state index in [9.17, 15) is 0 Å². The number of allylic oxidation sites excluding steroid dienone is 1. The lowest BCUT2D eigenvalue weighted by atomic mass is 10.2. The average molecular weight is 97.2 g/mol. The van der Waals surface area contributed by atoms with Gasteiger partial charge in [0.05, 0.1) is 0 Å². The molecule has 0 amide bonds. The zero-order valence-corrected chi connectivity index (χ0v) is 4.94. The molecule has 1 rings (SSSR count). The van der Waals surface area contributed by atoms with Gasteiger partial charge in [-0.05, 0) is 19.9 Å². The van der Waals surface area contributed by atoms with Crippen molar-refractivity contribution < 1.29 is 0 Å². The molecule has 0 N–H and O–H groups in total. The highest BCUT2D eigenvalue weighted by Crippen LogP contribution is 2.11. The largest absolute Gasteiger partial charge is 0.372 e. The topological polar surface area (TPSA) is 3.24 Å². The Balaban J connectivity index is 2.37. The Hall–Kier alpha value is -0.460. The summed E-state index contributed by atoms with van der Waals surface area (Å²) in [5, 5.41) is 0. The predicted molar refractivity (Wildman–Crippen MR) is 31.0 cm³/mol. The molecule has 1 nitrogen and oxygen atoms in total. The summed E-state index contributed by atoms with van der Waals surface area (Å²) >= 11 is 0. The fourth-order valence-electron chi connectivity index (χ4n) is 0.781. The van der Waals surface area contributed by atoms with Crippen molar-refractivity contribution in [2.75, 3.05) is 13.1 Å². The van der Waals surface area contributed by atoms with Crippen molar-refractivity contribution in [2.24, 2.45) is 0 Å². The van der Waals surface area contributed by atoms with Crippen LogP contribution in [0.2, 0.25) is 0 Å². The highest BCUT2D eigenvalue weighted by Gasteiger charge is 2.07. The first kappa shape index (κ1) is 4.69. The molecule has 0 radical (unpaired) electrons. The fourth-order valence-corrected chi connectivity index (χ4v) is 0.781. The maximum absolute atomic E-state index is 2.33. The van der Waals surface area contributed by atoms with E-state index in [4.69, 9.17) is 0 Å². The molecule has 1 heterocycles. The lowest BCUT2D eigenvalue weighted by Crippen LogP contribution is -2.29. The number of nitrogens with zero attached hydrogens (tertiary/aromatic N) is 1. The Morgan fingerprint density at radius 1 is 1.86 bits per heavy atom. The van der Waals surface area contributed by atoms with Crippen molar-refractivity contribution in [1.29, 1.82) is 0 Å². The third-order valence-electron chi connectivity index (χ3n) is 1.49. The zero-order chi connectivity index (χ0) is 5.28. The second-order valence-corrected chi connectivity index (χ2v) is 1.88. The molecule has 1 heteroatoms. The molecular weight excluding hydrogens is 86.1 g/mol. The highest BCUT2D eigenvalue weighted by atomic mass is 15.2. The van der Waals surface area contributed by atoms with Crippen LogP contribution < -0.4 is 0 Å². The lowest BCUT2D eigenvalue weighted by Gasteiger charge is -2.29. The second-order valence-electron chi connectivity index (χ2n) is 1.88. The van der Waals surface area contributed by atoms with Crippen LogP contribution in [0.15, 0.2) is 11.8 Å². The summed E-state index contributed by atoms with van der Waals surface area (Å²) in [4.78, 5) is 2.33. The highest BCUT2D eigenvalue weighted by molar-refractivity contribution is 5.09. The van der Waals surface area contributed by atoms with E-state index >= 15 is 0 Å². The molecule has 0 unspecified atom stereocenters. The molecule has 0 saturated heterocycles. The minimum Gasteiger partial charge on any atom is -0.372 e. The van der Waals surface area contributed by atoms with E-state index in [2.05, 4.69) is 24.8 Å². The van der Waals surface area contributed by atoms with Crippen LogP contribution in [-0.4, -0.2) is 18.0 Å². The van der Waals surface area contributed by atoms with Gasteiger partial charge >= 0.3 is 0 Å². The molecule has 0 aromatic carbocycles. The van der Waals surface area contributed by atoms with Gasteiger partial charge in [-0.25, -0.2) is 0 Å². The zero-order valence-electron chi connectivity index (χ0n) is 4.94. The van der Waals surface area contributed by atoms with Gasteiger partial charge in [-0.2, -0.15) is 0 Å². The Labute approximate surface area is 44.6 Å². The van der Waals surface area contributed by atoms with Crippen LogP contribution in [0.4, 0.5) is 0 Å². The van der Waals surface area contributed by atoms with Gasteiger partial charge in [0.2, 0.25) is 0 Å². The van der Waals surface area contributed by atoms with E-state index in [-0.39, 0.29) is 0 Å². The summed E-state index contributed by atoms with van der Waals surface area (Å²) in [5.41, 5.74) is 1.43. The number of hydrogen-bond acceptors (Lipinski definition) is 1. The van der Waals surface area contributed by atoms with Crippen LogP contribution >= 0.6 is 0 Å². The van der Waals surface area contributed by atoms with Gasteiger partial charge in [-0.15, -0.1) is 0 Å². The number of likely N-dealkylation sites (N-methyl/N-ethyl adjacent to an activating group) is 1. The van der Waals surface area contributed by atoms with Crippen molar-refractivity contribution in [3.63, 3.8) is 0 Å². The van der Waals surface area contributed by atoms with Crippen LogP contribution in [0.25, 0.3) is 0 Å². The van der Waals surface area contributed by atoms with Gasteiger partial charge in [-0.3, -0.25) is 0 Å². The first-order valence-corrected chi connectivity index (χ1v) is 2.76. The second kappa shape index (κ2) is 1.57. The van der Waals surface area contributed by atoms with Crippen molar-refractivity contribution >= 4 is 0 Å². The Kier molecular flexibility index (Phi) is 1.05. The first-order chi connectivity index (χ1) is 3.34. The standard InChI is InChI=1S/C6H11N/c1-3-7-5-4-6(7)2/h4H,3,5H2,1-2H3. The van der Waals surface area contributed by atoms with Crippen LogP contribution in [0.3, 0.4) is 0 Å². The molecule has 0 aromatic heterocycles. The quantitative estimate of drug-likeness (QED) is 0.475. The van der Waals surface area contributed by atoms with E-state index in [1.165, 1.54) is 18.8 Å². The summed E-state index contributed by atoms with van der Waals surface area (Å²) in [6.45, 7) is 6.66. The van der Waals surface area contributed by atoms with E-state index in [1.54, 1.807) is 0 Å². The van der Waals surface area contributed by atoms with Crippen LogP contribution in [-0.2, 0) is 0 Å². The molecule has 0 aliphatic carbocycles. The number of rotatable bonds is 1. The van der Waals surface area contributed by atoms with E-state index in [1.807, 2.05) is 0 Å². The van der Waals surface area contributed by atoms with Gasteiger partial charge in [0.1, 0.15) is 0 Å². The monoisotopic (exact) mass is 97.1 g/mol. The third-order valence-corrected chi connectivity index (χ3v) is 1.49. The van der Waals surface area contributed by atoms with E-state index in [0.717, 1.165) is 0 Å². The lowest BCUT2D eigenvalue weighted by molar-refractivity contribution is 0.355. The molecular formula is C6H11N. The fraction of sp³-hybridized carbons (Fsp3) is 0.667. The Morgan fingerprint density at radius 2 is 2.57 bits per heavy atom. The maximum atomic E-state index is 2.33. The molecule has 7 heavy (non-hydrogen) atoms. The molecule has 0 bridgehead atoms. The van der Waals surface area contributed by atoms with Crippen molar-refractivity contribution in [3.05, 3.63) is 11.8 Å². The molecule has 0 fully saturated rings. The van der Waals surface area contributed by atoms with Crippen molar-refractivity contribution in [3.8, 4) is 0 Å². The molecule has 0 atom stereocenters. The minimum absolute atomic E-state index is 1.17. The SMILES string of the molecule is CCN1CC=C1C. The minimum atomic E-state index is 1.17. The summed E-state index contributed by atoms with van der Waals surface area (Å²) in [5.74, 6) is 0. The molecule has 40 valence electrons. The van der Waals surface area contributed by atoms with Crippen LogP contribution in [0.5, 0.6) is 0 Å². The van der Waals surface area contributed by atoms with E-state index < -0.39 is 0 Å². The van der Waals surface area contributed by atoms with Gasteiger partial charge in [0.15, 0.2) is 0 Å². The third kappa shape index (κ3) is 0.625. The van der Waals surface area contributed by atoms with Gasteiger partial charge in [-0.1, -0.05) is 0 Å². The van der Waals surface area contributed by atoms with Gasteiger partial charge in [0, 0.05) is 18.8 Å². The van der Waals surface area contributed by atoms with Gasteiger partial charge < -0.3 is 4.90 Å². The first-order valence-electron chi connectivity index (χ1n) is 2.76. The number of hydrogen-bond donors (Lipinski definition) is 0. The molecule has 0 spiro atoms. The molecule has 1 aliphatic heterocycles. The Morgan fingerprint density at radius 3 is 2.57 bits per heavy atom. The summed E-state index contributed by atoms with van der Waals surface area (Å²) in [7, 11) is 0. The molecule has 0 aromatic rings. The van der Waals surface area contributed by atoms with Crippen LogP contribution in [0.1, 0.15) is 13.8 Å². The van der Waals surface area contributed by atoms with Crippen molar-refractivity contribution in [2.45, 2.75) is 13.8 Å². The summed E-state index contributed by atoms with van der Waals surface area (Å²) in [6, 6.07) is 0. The molecule has 1 aliphatic rings. The predicted octanol–water partition coefficient (Wildman–Crippen LogP) is 1.23. The normalized spacial score (nSPS) is 18.6. The summed E-state index contributed by atoms with van der Waals surface area (Å²) < 4.78 is 0. The Bertz CT molecular complexity index is 94.4. The summed E-state index contributed by atoms with van der Waals surface area (Å²) in [6.07, 6.45) is 2.24. The molecule has 0 saturated carbocycles. The van der Waals surface area contributed by atoms with Crippen LogP contribution in [0, 0.1) is 0 Å². The maximum Gasteiger partial charge on any atom is 0.0375 e. The van der Waals surface area contributed by atoms with Crippen molar-refractivity contribution in [1.82, 2.24) is 4.90 Å². The van der Waals surface area contributed by atoms with E-state index in [0.29, 0.717) is 0 Å². The smallest absolute Gasteiger partial charge is 0.0375 e. The van der Waals surface area contributed by atoms with Gasteiger partial charge in [0.25, 0.3) is 0 Å².